The molecule has 0 spiro atoms. The fraction of sp³-hybridized carbons (Fsp3) is 0.533. The number of hydrogen-bond donors (Lipinski definition) is 1. The van der Waals surface area contributed by atoms with Crippen molar-refractivity contribution in [1.29, 1.82) is 0 Å². The van der Waals surface area contributed by atoms with Crippen LogP contribution in [0, 0.1) is 6.92 Å². The van der Waals surface area contributed by atoms with Gasteiger partial charge in [-0.2, -0.15) is 12.6 Å². The van der Waals surface area contributed by atoms with Gasteiger partial charge in [0.05, 0.1) is 5.75 Å². The zero-order chi connectivity index (χ0) is 14.4. The van der Waals surface area contributed by atoms with Gasteiger partial charge in [-0.05, 0) is 6.92 Å². The van der Waals surface area contributed by atoms with Crippen molar-refractivity contribution < 1.29 is 9.53 Å². The first kappa shape index (κ1) is 19.5. The van der Waals surface area contributed by atoms with Crippen LogP contribution in [0.4, 0.5) is 0 Å². The van der Waals surface area contributed by atoms with E-state index in [-0.39, 0.29) is 11.5 Å². The zero-order valence-corrected chi connectivity index (χ0v) is 13.1. The van der Waals surface area contributed by atoms with Gasteiger partial charge in [0.1, 0.15) is 13.2 Å². The molecule has 0 fully saturated rings. The lowest BCUT2D eigenvalue weighted by atomic mass is 10.1. The second-order valence-electron chi connectivity index (χ2n) is 3.30. The lowest BCUT2D eigenvalue weighted by Crippen LogP contribution is -1.99. The van der Waals surface area contributed by atoms with Crippen molar-refractivity contribution >= 4 is 18.4 Å². The average molecular weight is 271 g/mol. The van der Waals surface area contributed by atoms with Crippen LogP contribution in [0.1, 0.15) is 43.6 Å². The van der Waals surface area contributed by atoms with Crippen LogP contribution in [0.25, 0.3) is 0 Å². The average Bonchev–Trinajstić information content (AvgIpc) is 2.42. The predicted molar refractivity (Wildman–Crippen MR) is 84.0 cm³/mol. The van der Waals surface area contributed by atoms with Crippen LogP contribution in [0.15, 0.2) is 24.3 Å². The maximum atomic E-state index is 11.0. The van der Waals surface area contributed by atoms with Gasteiger partial charge in [-0.15, -0.1) is 0 Å². The summed E-state index contributed by atoms with van der Waals surface area (Å²) in [5, 5.41) is 0. The Balaban J connectivity index is 0. The molecule has 0 aliphatic heterocycles. The molecule has 0 atom stereocenters. The van der Waals surface area contributed by atoms with Gasteiger partial charge in [-0.3, -0.25) is 4.79 Å². The summed E-state index contributed by atoms with van der Waals surface area (Å²) < 4.78 is 3.97. The van der Waals surface area contributed by atoms with Crippen LogP contribution in [-0.2, 0) is 0 Å². The highest BCUT2D eigenvalue weighted by Crippen LogP contribution is 2.04. The molecular formula is C15H27O2S+. The molecule has 0 aromatic heterocycles. The van der Waals surface area contributed by atoms with Gasteiger partial charge >= 0.3 is 0 Å². The third-order valence-corrected chi connectivity index (χ3v) is 2.25. The quantitative estimate of drug-likeness (QED) is 0.505. The number of carbonyl (C=O) groups is 1. The highest BCUT2D eigenvalue weighted by Gasteiger charge is 2.00. The molecule has 104 valence electrons. The van der Waals surface area contributed by atoms with E-state index in [0.717, 1.165) is 18.8 Å². The number of ketones is 1. The van der Waals surface area contributed by atoms with Crippen LogP contribution < -0.4 is 0 Å². The summed E-state index contributed by atoms with van der Waals surface area (Å²) >= 11 is 3.90. The Morgan fingerprint density at radius 3 is 1.83 bits per heavy atom. The van der Waals surface area contributed by atoms with Crippen molar-refractivity contribution in [3.63, 3.8) is 0 Å². The molecule has 0 amide bonds. The number of ether oxygens (including phenoxy) is 1. The molecule has 2 nitrogen and oxygen atoms in total. The topological polar surface area (TPSA) is 29.9 Å². The highest BCUT2D eigenvalue weighted by molar-refractivity contribution is 7.81. The molecule has 1 aromatic rings. The monoisotopic (exact) mass is 271 g/mol. The lowest BCUT2D eigenvalue weighted by molar-refractivity contribution is -0.0178. The Bertz CT molecular complexity index is 292. The van der Waals surface area contributed by atoms with Crippen molar-refractivity contribution in [3.05, 3.63) is 35.4 Å². The summed E-state index contributed by atoms with van der Waals surface area (Å²) in [5.74, 6) is 0.358. The molecule has 0 saturated heterocycles. The normalized spacial score (nSPS) is 8.56. The van der Waals surface area contributed by atoms with Crippen LogP contribution in [0.2, 0.25) is 0 Å². The maximum Gasteiger partial charge on any atom is 0.172 e. The van der Waals surface area contributed by atoms with Crippen molar-refractivity contribution in [2.45, 2.75) is 34.6 Å². The lowest BCUT2D eigenvalue weighted by Gasteiger charge is -1.96. The third-order valence-electron chi connectivity index (χ3n) is 1.96. The van der Waals surface area contributed by atoms with Crippen molar-refractivity contribution in [2.24, 2.45) is 0 Å². The van der Waals surface area contributed by atoms with E-state index in [0.29, 0.717) is 0 Å². The van der Waals surface area contributed by atoms with E-state index in [9.17, 15) is 4.79 Å². The summed E-state index contributed by atoms with van der Waals surface area (Å²) in [7, 11) is 0. The van der Waals surface area contributed by atoms with Gasteiger partial charge in [0.15, 0.2) is 5.78 Å². The molecule has 0 heterocycles. The first-order valence-electron chi connectivity index (χ1n) is 6.49. The van der Waals surface area contributed by atoms with Crippen LogP contribution in [-0.4, -0.2) is 29.5 Å². The van der Waals surface area contributed by atoms with Gasteiger partial charge in [-0.1, -0.05) is 43.7 Å². The maximum absolute atomic E-state index is 11.0. The summed E-state index contributed by atoms with van der Waals surface area (Å²) in [6, 6.07) is 7.51. The van der Waals surface area contributed by atoms with E-state index in [4.69, 9.17) is 0 Å². The Hall–Kier alpha value is -0.800. The van der Waals surface area contributed by atoms with Crippen LogP contribution in [0.5, 0.6) is 0 Å². The minimum Gasteiger partial charge on any atom is -0.434 e. The van der Waals surface area contributed by atoms with Gasteiger partial charge < -0.3 is 4.74 Å². The second-order valence-corrected chi connectivity index (χ2v) is 3.62. The number of hydrogen-bond acceptors (Lipinski definition) is 2. The van der Waals surface area contributed by atoms with E-state index in [1.807, 2.05) is 58.9 Å². The molecule has 0 saturated carbocycles. The molecule has 18 heavy (non-hydrogen) atoms. The summed E-state index contributed by atoms with van der Waals surface area (Å²) in [4.78, 5) is 11.0. The highest BCUT2D eigenvalue weighted by atomic mass is 32.1. The molecule has 1 rings (SSSR count). The SMILES string of the molecule is CC.CC[OH+]CC.Cc1ccc(C(=O)CS)cc1. The fourth-order valence-electron chi connectivity index (χ4n) is 1.05. The zero-order valence-electron chi connectivity index (χ0n) is 12.2. The first-order valence-corrected chi connectivity index (χ1v) is 7.12. The number of rotatable bonds is 4. The molecule has 0 radical (unpaired) electrons. The summed E-state index contributed by atoms with van der Waals surface area (Å²) in [5.41, 5.74) is 1.91. The number of aryl methyl sites for hydroxylation is 1. The predicted octanol–water partition coefficient (Wildman–Crippen LogP) is 3.69. The smallest absolute Gasteiger partial charge is 0.172 e. The van der Waals surface area contributed by atoms with E-state index in [1.54, 1.807) is 0 Å². The number of benzene rings is 1. The summed E-state index contributed by atoms with van der Waals surface area (Å²) in [6.07, 6.45) is 0. The Morgan fingerprint density at radius 1 is 1.11 bits per heavy atom. The number of Topliss-reactive ketones (excluding diaryl/α,β-unsaturated/α-hetero) is 1. The molecule has 0 aliphatic rings. The Morgan fingerprint density at radius 2 is 1.56 bits per heavy atom. The largest absolute Gasteiger partial charge is 0.434 e. The van der Waals surface area contributed by atoms with Crippen molar-refractivity contribution in [2.75, 3.05) is 19.0 Å². The summed E-state index contributed by atoms with van der Waals surface area (Å²) in [6.45, 7) is 12.0. The molecule has 0 unspecified atom stereocenters. The molecular weight excluding hydrogens is 244 g/mol. The molecule has 0 bridgehead atoms. The van der Waals surface area contributed by atoms with Gasteiger partial charge in [0, 0.05) is 19.4 Å². The molecule has 3 heteroatoms. The molecule has 1 aromatic carbocycles. The Labute approximate surface area is 117 Å². The minimum atomic E-state index is 0.0772. The van der Waals surface area contributed by atoms with E-state index in [1.165, 1.54) is 5.56 Å². The molecule has 1 N–H and O–H groups in total. The first-order chi connectivity index (χ1) is 8.65. The number of thiol groups is 1. The van der Waals surface area contributed by atoms with E-state index in [2.05, 4.69) is 17.4 Å². The van der Waals surface area contributed by atoms with Crippen molar-refractivity contribution in [1.82, 2.24) is 0 Å². The van der Waals surface area contributed by atoms with Gasteiger partial charge in [-0.25, -0.2) is 0 Å². The Kier molecular flexibility index (Phi) is 15.5. The van der Waals surface area contributed by atoms with E-state index >= 15 is 0 Å². The van der Waals surface area contributed by atoms with Crippen LogP contribution in [0.3, 0.4) is 0 Å². The standard InChI is InChI=1S/C9H10OS.C4H10O.C2H6/c1-7-2-4-8(5-3-7)9(10)6-11;1-3-5-4-2;1-2/h2-5,11H,6H2,1H3;3-4H2,1-2H3;1-2H3/p+1. The van der Waals surface area contributed by atoms with E-state index < -0.39 is 0 Å². The number of aliphatic hydroxyl groups is 2. The van der Waals surface area contributed by atoms with Crippen LogP contribution >= 0.6 is 12.6 Å². The van der Waals surface area contributed by atoms with Crippen molar-refractivity contribution in [3.8, 4) is 0 Å². The van der Waals surface area contributed by atoms with Gasteiger partial charge in [0.25, 0.3) is 0 Å². The third kappa shape index (κ3) is 10.4. The second kappa shape index (κ2) is 14.3. The van der Waals surface area contributed by atoms with Gasteiger partial charge in [0.2, 0.25) is 0 Å². The number of carbonyl (C=O) groups excluding carboxylic acids is 1. The minimum absolute atomic E-state index is 0.0772. The fourth-order valence-corrected chi connectivity index (χ4v) is 1.24. The molecule has 0 aliphatic carbocycles.